The van der Waals surface area contributed by atoms with Crippen molar-refractivity contribution in [2.75, 3.05) is 5.32 Å². The normalized spacial score (nSPS) is 11.2. The highest BCUT2D eigenvalue weighted by Gasteiger charge is 2.16. The minimum atomic E-state index is -0.222. The first kappa shape index (κ1) is 23.7. The number of nitrogens with zero attached hydrogens (tertiary/aromatic N) is 4. The van der Waals surface area contributed by atoms with Crippen LogP contribution in [0.5, 0.6) is 0 Å². The molecule has 0 aliphatic heterocycles. The summed E-state index contributed by atoms with van der Waals surface area (Å²) < 4.78 is 3.59. The van der Waals surface area contributed by atoms with Gasteiger partial charge in [-0.25, -0.2) is 9.67 Å². The van der Waals surface area contributed by atoms with Crippen molar-refractivity contribution in [3.05, 3.63) is 99.0 Å². The van der Waals surface area contributed by atoms with Crippen LogP contribution in [0.25, 0.3) is 22.0 Å². The molecule has 0 fully saturated rings. The van der Waals surface area contributed by atoms with Gasteiger partial charge >= 0.3 is 0 Å². The van der Waals surface area contributed by atoms with Crippen LogP contribution >= 0.6 is 11.3 Å². The highest BCUT2D eigenvalue weighted by Crippen LogP contribution is 2.30. The average Bonchev–Trinajstić information content (AvgIpc) is 3.45. The summed E-state index contributed by atoms with van der Waals surface area (Å²) in [5.74, 6) is -0.222. The third kappa shape index (κ3) is 4.72. The minimum absolute atomic E-state index is 0.0531. The number of anilines is 1. The van der Waals surface area contributed by atoms with Crippen LogP contribution in [0.4, 0.5) is 5.13 Å². The fraction of sp³-hybridized carbons (Fsp3) is 0.214. The summed E-state index contributed by atoms with van der Waals surface area (Å²) in [5.41, 5.74) is 5.95. The highest BCUT2D eigenvalue weighted by atomic mass is 32.1. The van der Waals surface area contributed by atoms with Crippen molar-refractivity contribution in [1.82, 2.24) is 19.3 Å². The van der Waals surface area contributed by atoms with Gasteiger partial charge in [-0.1, -0.05) is 48.5 Å². The van der Waals surface area contributed by atoms with E-state index in [9.17, 15) is 9.59 Å². The molecule has 0 spiro atoms. The first-order valence-corrected chi connectivity index (χ1v) is 12.7. The van der Waals surface area contributed by atoms with Gasteiger partial charge in [-0.05, 0) is 38.0 Å². The number of carbonyl (C=O) groups is 1. The van der Waals surface area contributed by atoms with Crippen molar-refractivity contribution < 1.29 is 4.79 Å². The molecule has 0 radical (unpaired) electrons. The van der Waals surface area contributed by atoms with Crippen LogP contribution in [0.15, 0.2) is 70.8 Å². The third-order valence-electron chi connectivity index (χ3n) is 6.43. The molecule has 0 aliphatic rings. The van der Waals surface area contributed by atoms with E-state index >= 15 is 0 Å². The Hall–Kier alpha value is -4.04. The van der Waals surface area contributed by atoms with Crippen molar-refractivity contribution in [2.24, 2.45) is 7.05 Å². The number of hydrogen-bond acceptors (Lipinski definition) is 5. The summed E-state index contributed by atoms with van der Waals surface area (Å²) >= 11 is 1.40. The van der Waals surface area contributed by atoms with E-state index in [1.807, 2.05) is 29.6 Å². The predicted octanol–water partition coefficient (Wildman–Crippen LogP) is 4.90. The molecule has 2 aromatic carbocycles. The lowest BCUT2D eigenvalue weighted by Crippen LogP contribution is -2.24. The molecule has 7 nitrogen and oxygen atoms in total. The average molecular weight is 498 g/mol. The van der Waals surface area contributed by atoms with Gasteiger partial charge in [0.25, 0.3) is 5.56 Å². The zero-order valence-corrected chi connectivity index (χ0v) is 21.3. The molecular formula is C28H27N5O2S. The van der Waals surface area contributed by atoms with Crippen LogP contribution in [0.1, 0.15) is 22.6 Å². The van der Waals surface area contributed by atoms with E-state index in [1.54, 1.807) is 13.1 Å². The van der Waals surface area contributed by atoms with Gasteiger partial charge in [0.1, 0.15) is 0 Å². The molecule has 8 heteroatoms. The lowest BCUT2D eigenvalue weighted by atomic mass is 10.1. The second kappa shape index (κ2) is 9.91. The second-order valence-electron chi connectivity index (χ2n) is 8.86. The number of aryl methyl sites for hydroxylation is 3. The molecule has 1 N–H and O–H groups in total. The molecule has 0 bridgehead atoms. The number of nitrogens with one attached hydrogen (secondary N) is 1. The summed E-state index contributed by atoms with van der Waals surface area (Å²) in [7, 11) is 1.60. The maximum absolute atomic E-state index is 12.8. The van der Waals surface area contributed by atoms with Crippen LogP contribution in [-0.4, -0.2) is 25.2 Å². The Balaban J connectivity index is 1.31. The fourth-order valence-corrected chi connectivity index (χ4v) is 5.29. The molecular weight excluding hydrogens is 470 g/mol. The maximum Gasteiger partial charge on any atom is 0.274 e. The highest BCUT2D eigenvalue weighted by molar-refractivity contribution is 7.14. The second-order valence-corrected chi connectivity index (χ2v) is 9.71. The number of rotatable bonds is 7. The largest absolute Gasteiger partial charge is 0.348 e. The Kier molecular flexibility index (Phi) is 6.52. The molecule has 3 heterocycles. The van der Waals surface area contributed by atoms with E-state index in [4.69, 9.17) is 0 Å². The molecule has 36 heavy (non-hydrogen) atoms. The number of fused-ring (bicyclic) bond motifs is 1. The molecule has 5 aromatic rings. The van der Waals surface area contributed by atoms with E-state index < -0.39 is 0 Å². The summed E-state index contributed by atoms with van der Waals surface area (Å²) in [4.78, 5) is 29.9. The summed E-state index contributed by atoms with van der Waals surface area (Å²) in [6.45, 7) is 5.12. The Bertz CT molecular complexity index is 1610. The van der Waals surface area contributed by atoms with Crippen LogP contribution in [0.3, 0.4) is 0 Å². The molecule has 0 aliphatic carbocycles. The maximum atomic E-state index is 12.8. The van der Waals surface area contributed by atoms with Gasteiger partial charge in [-0.15, -0.1) is 11.3 Å². The molecule has 0 atom stereocenters. The first-order valence-electron chi connectivity index (χ1n) is 11.8. The summed E-state index contributed by atoms with van der Waals surface area (Å²) in [5, 5.41) is 11.0. The standard InChI is InChI=1S/C28H27N5O2S/c1-18-15-23(19(2)33(18)14-13-20-9-5-4-6-10-20)25-17-36-28(29-25)30-26(34)16-24-21-11-7-8-12-22(21)27(35)32(3)31-24/h4-12,15,17H,13-14,16H2,1-3H3,(H,29,30,34). The van der Waals surface area contributed by atoms with Gasteiger partial charge in [0.05, 0.1) is 23.2 Å². The molecule has 182 valence electrons. The van der Waals surface area contributed by atoms with Crippen molar-refractivity contribution >= 4 is 33.1 Å². The number of aromatic nitrogens is 4. The number of benzene rings is 2. The SMILES string of the molecule is Cc1cc(-c2csc(NC(=O)Cc3nn(C)c(=O)c4ccccc34)n2)c(C)n1CCc1ccccc1. The topological polar surface area (TPSA) is 81.8 Å². The fourth-order valence-electron chi connectivity index (χ4n) is 4.57. The zero-order chi connectivity index (χ0) is 25.2. The van der Waals surface area contributed by atoms with Gasteiger partial charge in [0, 0.05) is 41.3 Å². The van der Waals surface area contributed by atoms with Crippen LogP contribution in [0, 0.1) is 13.8 Å². The monoisotopic (exact) mass is 497 g/mol. The Morgan fingerprint density at radius 1 is 1.03 bits per heavy atom. The Labute approximate surface area is 213 Å². The van der Waals surface area contributed by atoms with E-state index in [0.717, 1.165) is 29.9 Å². The minimum Gasteiger partial charge on any atom is -0.348 e. The Morgan fingerprint density at radius 3 is 2.53 bits per heavy atom. The van der Waals surface area contributed by atoms with Gasteiger partial charge < -0.3 is 9.88 Å². The van der Waals surface area contributed by atoms with Gasteiger partial charge in [0.2, 0.25) is 5.91 Å². The number of hydrogen-bond donors (Lipinski definition) is 1. The predicted molar refractivity (Wildman–Crippen MR) is 144 cm³/mol. The number of thiazole rings is 1. The number of carbonyl (C=O) groups excluding carboxylic acids is 1. The summed E-state index contributed by atoms with van der Waals surface area (Å²) in [6, 6.07) is 19.9. The Morgan fingerprint density at radius 2 is 1.75 bits per heavy atom. The quantitative estimate of drug-likeness (QED) is 0.347. The van der Waals surface area contributed by atoms with E-state index in [0.29, 0.717) is 21.6 Å². The van der Waals surface area contributed by atoms with Crippen molar-refractivity contribution in [2.45, 2.75) is 33.2 Å². The molecule has 0 saturated carbocycles. The first-order chi connectivity index (χ1) is 17.4. The lowest BCUT2D eigenvalue weighted by Gasteiger charge is -2.10. The van der Waals surface area contributed by atoms with E-state index in [-0.39, 0.29) is 17.9 Å². The zero-order valence-electron chi connectivity index (χ0n) is 20.5. The van der Waals surface area contributed by atoms with Crippen LogP contribution < -0.4 is 10.9 Å². The molecule has 5 rings (SSSR count). The van der Waals surface area contributed by atoms with Gasteiger partial charge in [-0.3, -0.25) is 9.59 Å². The van der Waals surface area contributed by atoms with Crippen molar-refractivity contribution in [3.63, 3.8) is 0 Å². The van der Waals surface area contributed by atoms with Crippen molar-refractivity contribution in [1.29, 1.82) is 0 Å². The molecule has 1 amide bonds. The lowest BCUT2D eigenvalue weighted by molar-refractivity contribution is -0.115. The number of amides is 1. The van der Waals surface area contributed by atoms with Gasteiger partial charge in [0.15, 0.2) is 5.13 Å². The van der Waals surface area contributed by atoms with Gasteiger partial charge in [-0.2, -0.15) is 5.10 Å². The van der Waals surface area contributed by atoms with E-state index in [1.165, 1.54) is 27.3 Å². The van der Waals surface area contributed by atoms with E-state index in [2.05, 4.69) is 64.1 Å². The van der Waals surface area contributed by atoms with Crippen LogP contribution in [0.2, 0.25) is 0 Å². The molecule has 0 saturated heterocycles. The van der Waals surface area contributed by atoms with Crippen LogP contribution in [-0.2, 0) is 31.2 Å². The molecule has 3 aromatic heterocycles. The summed E-state index contributed by atoms with van der Waals surface area (Å²) in [6.07, 6.45) is 1.01. The smallest absolute Gasteiger partial charge is 0.274 e. The molecule has 0 unspecified atom stereocenters. The third-order valence-corrected chi connectivity index (χ3v) is 7.19. The van der Waals surface area contributed by atoms with Crippen molar-refractivity contribution in [3.8, 4) is 11.3 Å².